The van der Waals surface area contributed by atoms with Crippen molar-refractivity contribution in [2.24, 2.45) is 5.92 Å². The van der Waals surface area contributed by atoms with Crippen LogP contribution in [-0.4, -0.2) is 51.0 Å². The van der Waals surface area contributed by atoms with Crippen LogP contribution in [-0.2, 0) is 0 Å². The van der Waals surface area contributed by atoms with Gasteiger partial charge in [0.1, 0.15) is 17.8 Å². The second-order valence-corrected chi connectivity index (χ2v) is 4.68. The van der Waals surface area contributed by atoms with Crippen molar-refractivity contribution in [2.45, 2.75) is 12.5 Å². The van der Waals surface area contributed by atoms with E-state index in [0.717, 1.165) is 29.8 Å². The third-order valence-corrected chi connectivity index (χ3v) is 3.59. The molecule has 6 heteroatoms. The molecule has 6 nitrogen and oxygen atoms in total. The molecular weight excluding hydrogens is 232 g/mol. The Morgan fingerprint density at radius 3 is 3.11 bits per heavy atom. The second kappa shape index (κ2) is 4.55. The van der Waals surface area contributed by atoms with Gasteiger partial charge in [-0.05, 0) is 12.5 Å². The molecule has 0 aliphatic carbocycles. The average Bonchev–Trinajstić information content (AvgIpc) is 2.86. The number of hydrogen-bond acceptors (Lipinski definition) is 5. The number of nitrogens with one attached hydrogen (secondary N) is 1. The van der Waals surface area contributed by atoms with Gasteiger partial charge in [0.15, 0.2) is 0 Å². The molecule has 2 atom stereocenters. The largest absolute Gasteiger partial charge is 0.396 e. The van der Waals surface area contributed by atoms with Gasteiger partial charge in [0.05, 0.1) is 11.5 Å². The first-order chi connectivity index (χ1) is 8.79. The highest BCUT2D eigenvalue weighted by Gasteiger charge is 2.28. The number of rotatable bonds is 2. The molecule has 1 aliphatic heterocycles. The number of aliphatic hydroxyl groups is 2. The third kappa shape index (κ3) is 1.83. The van der Waals surface area contributed by atoms with Crippen LogP contribution in [0.5, 0.6) is 0 Å². The summed E-state index contributed by atoms with van der Waals surface area (Å²) in [6, 6.07) is 1.94. The highest BCUT2D eigenvalue weighted by molar-refractivity contribution is 5.87. The molecule has 3 rings (SSSR count). The van der Waals surface area contributed by atoms with Crippen LogP contribution >= 0.6 is 0 Å². The smallest absolute Gasteiger partial charge is 0.142 e. The number of anilines is 1. The van der Waals surface area contributed by atoms with Crippen LogP contribution in [0.25, 0.3) is 11.0 Å². The maximum Gasteiger partial charge on any atom is 0.142 e. The summed E-state index contributed by atoms with van der Waals surface area (Å²) in [5.74, 6) is 0.821. The Hall–Kier alpha value is -1.66. The van der Waals surface area contributed by atoms with E-state index in [-0.39, 0.29) is 12.5 Å². The van der Waals surface area contributed by atoms with Gasteiger partial charge in [-0.2, -0.15) is 0 Å². The Kier molecular flexibility index (Phi) is 2.89. The van der Waals surface area contributed by atoms with E-state index in [1.54, 1.807) is 0 Å². The lowest BCUT2D eigenvalue weighted by atomic mass is 9.95. The molecule has 0 saturated carbocycles. The maximum absolute atomic E-state index is 9.97. The number of hydrogen-bond donors (Lipinski definition) is 3. The number of β-amino-alcohol motifs (C(OH)–C–C–N with tert-alkyl or cyclic N) is 1. The Morgan fingerprint density at radius 2 is 2.33 bits per heavy atom. The van der Waals surface area contributed by atoms with Crippen molar-refractivity contribution in [3.63, 3.8) is 0 Å². The number of H-pyrrole nitrogens is 1. The van der Waals surface area contributed by atoms with Crippen LogP contribution in [0.15, 0.2) is 18.6 Å². The molecule has 0 aromatic carbocycles. The Bertz CT molecular complexity index is 542. The van der Waals surface area contributed by atoms with Crippen LogP contribution < -0.4 is 4.90 Å². The lowest BCUT2D eigenvalue weighted by Crippen LogP contribution is -2.45. The van der Waals surface area contributed by atoms with Crippen LogP contribution in [0, 0.1) is 5.92 Å². The number of aliphatic hydroxyl groups excluding tert-OH is 2. The zero-order valence-corrected chi connectivity index (χ0v) is 9.95. The predicted octanol–water partition coefficient (Wildman–Crippen LogP) is 0.137. The maximum atomic E-state index is 9.97. The van der Waals surface area contributed by atoms with Crippen molar-refractivity contribution < 1.29 is 10.2 Å². The molecule has 0 radical (unpaired) electrons. The van der Waals surface area contributed by atoms with Crippen molar-refractivity contribution >= 4 is 16.9 Å². The van der Waals surface area contributed by atoms with Crippen LogP contribution in [0.2, 0.25) is 0 Å². The minimum atomic E-state index is -0.507. The average molecular weight is 248 g/mol. The van der Waals surface area contributed by atoms with E-state index in [4.69, 9.17) is 5.11 Å². The second-order valence-electron chi connectivity index (χ2n) is 4.68. The van der Waals surface area contributed by atoms with Crippen molar-refractivity contribution in [3.8, 4) is 0 Å². The van der Waals surface area contributed by atoms with Gasteiger partial charge in [-0.15, -0.1) is 0 Å². The van der Waals surface area contributed by atoms with Gasteiger partial charge in [-0.25, -0.2) is 9.97 Å². The van der Waals surface area contributed by atoms with E-state index >= 15 is 0 Å². The molecule has 3 N–H and O–H groups in total. The highest BCUT2D eigenvalue weighted by Crippen LogP contribution is 2.26. The van der Waals surface area contributed by atoms with Gasteiger partial charge in [-0.1, -0.05) is 0 Å². The van der Waals surface area contributed by atoms with E-state index < -0.39 is 6.10 Å². The number of fused-ring (bicyclic) bond motifs is 1. The van der Waals surface area contributed by atoms with Crippen molar-refractivity contribution in [3.05, 3.63) is 18.6 Å². The first-order valence-corrected chi connectivity index (χ1v) is 6.11. The summed E-state index contributed by atoms with van der Waals surface area (Å²) in [6.45, 7) is 1.33. The normalized spacial score (nSPS) is 24.7. The molecule has 1 fully saturated rings. The first kappa shape index (κ1) is 11.4. The molecule has 0 spiro atoms. The molecule has 3 heterocycles. The minimum absolute atomic E-state index is 0.0233. The van der Waals surface area contributed by atoms with Crippen molar-refractivity contribution in [1.29, 1.82) is 0 Å². The number of aromatic nitrogens is 3. The fourth-order valence-electron chi connectivity index (χ4n) is 2.50. The van der Waals surface area contributed by atoms with E-state index in [9.17, 15) is 5.11 Å². The number of piperidine rings is 1. The predicted molar refractivity (Wildman–Crippen MR) is 67.3 cm³/mol. The minimum Gasteiger partial charge on any atom is -0.396 e. The third-order valence-electron chi connectivity index (χ3n) is 3.59. The molecule has 0 amide bonds. The topological polar surface area (TPSA) is 85.3 Å². The summed E-state index contributed by atoms with van der Waals surface area (Å²) in [4.78, 5) is 13.6. The van der Waals surface area contributed by atoms with E-state index in [0.29, 0.717) is 6.54 Å². The lowest BCUT2D eigenvalue weighted by Gasteiger charge is -2.35. The standard InChI is InChI=1S/C12H16N4O2/c17-6-8-2-4-16(5-10(8)18)12-9-1-3-13-11(9)14-7-15-12/h1,3,7-8,10,17-18H,2,4-6H2,(H,13,14,15)/t8-,10+/m1/s1. The molecule has 0 bridgehead atoms. The summed E-state index contributed by atoms with van der Waals surface area (Å²) in [5.41, 5.74) is 0.804. The van der Waals surface area contributed by atoms with Crippen molar-refractivity contribution in [2.75, 3.05) is 24.6 Å². The monoisotopic (exact) mass is 248 g/mol. The van der Waals surface area contributed by atoms with E-state index in [1.165, 1.54) is 6.33 Å². The van der Waals surface area contributed by atoms with Crippen LogP contribution in [0.1, 0.15) is 6.42 Å². The highest BCUT2D eigenvalue weighted by atomic mass is 16.3. The number of aromatic amines is 1. The van der Waals surface area contributed by atoms with Gasteiger partial charge in [0, 0.05) is 31.8 Å². The van der Waals surface area contributed by atoms with Gasteiger partial charge in [0.25, 0.3) is 0 Å². The molecule has 1 saturated heterocycles. The molecule has 2 aromatic heterocycles. The van der Waals surface area contributed by atoms with Gasteiger partial charge in [0.2, 0.25) is 0 Å². The molecule has 18 heavy (non-hydrogen) atoms. The first-order valence-electron chi connectivity index (χ1n) is 6.11. The van der Waals surface area contributed by atoms with Gasteiger partial charge < -0.3 is 20.1 Å². The molecule has 2 aromatic rings. The van der Waals surface area contributed by atoms with Crippen molar-refractivity contribution in [1.82, 2.24) is 15.0 Å². The Labute approximate surface area is 104 Å². The number of nitrogens with zero attached hydrogens (tertiary/aromatic N) is 3. The zero-order valence-electron chi connectivity index (χ0n) is 9.95. The quantitative estimate of drug-likeness (QED) is 0.704. The molecule has 0 unspecified atom stereocenters. The van der Waals surface area contributed by atoms with Gasteiger partial charge in [-0.3, -0.25) is 0 Å². The van der Waals surface area contributed by atoms with Gasteiger partial charge >= 0.3 is 0 Å². The van der Waals surface area contributed by atoms with Crippen LogP contribution in [0.4, 0.5) is 5.82 Å². The lowest BCUT2D eigenvalue weighted by molar-refractivity contribution is 0.0547. The van der Waals surface area contributed by atoms with E-state index in [2.05, 4.69) is 19.9 Å². The molecule has 1 aliphatic rings. The SMILES string of the molecule is OC[C@H]1CCN(c2ncnc3[nH]ccc23)C[C@@H]1O. The molecular formula is C12H16N4O2. The van der Waals surface area contributed by atoms with E-state index in [1.807, 2.05) is 12.3 Å². The fraction of sp³-hybridized carbons (Fsp3) is 0.500. The Balaban J connectivity index is 1.89. The summed E-state index contributed by atoms with van der Waals surface area (Å²) in [7, 11) is 0. The summed E-state index contributed by atoms with van der Waals surface area (Å²) < 4.78 is 0. The zero-order chi connectivity index (χ0) is 12.5. The summed E-state index contributed by atoms with van der Waals surface area (Å²) >= 11 is 0. The van der Waals surface area contributed by atoms with Crippen LogP contribution in [0.3, 0.4) is 0 Å². The Morgan fingerprint density at radius 1 is 1.44 bits per heavy atom. The fourth-order valence-corrected chi connectivity index (χ4v) is 2.50. The summed E-state index contributed by atoms with van der Waals surface area (Å²) in [5, 5.41) is 20.1. The summed E-state index contributed by atoms with van der Waals surface area (Å²) in [6.07, 6.45) is 3.62. The molecule has 96 valence electrons.